The summed E-state index contributed by atoms with van der Waals surface area (Å²) in [5, 5.41) is 0. The fourth-order valence-electron chi connectivity index (χ4n) is 1.77. The van der Waals surface area contributed by atoms with Gasteiger partial charge in [-0.1, -0.05) is 12.1 Å². The second kappa shape index (κ2) is 3.23. The van der Waals surface area contributed by atoms with E-state index in [1.165, 1.54) is 0 Å². The van der Waals surface area contributed by atoms with Crippen LogP contribution in [0.15, 0.2) is 24.3 Å². The minimum Gasteiger partial charge on any atom is -0.497 e. The first-order chi connectivity index (χ1) is 6.61. The predicted octanol–water partition coefficient (Wildman–Crippen LogP) is 3.21. The van der Waals surface area contributed by atoms with Crippen molar-refractivity contribution in [2.75, 3.05) is 7.11 Å². The van der Waals surface area contributed by atoms with E-state index < -0.39 is 5.92 Å². The average Bonchev–Trinajstić information content (AvgIpc) is 2.14. The van der Waals surface area contributed by atoms with Gasteiger partial charge in [0.2, 0.25) is 5.92 Å². The second-order valence-corrected chi connectivity index (χ2v) is 3.73. The van der Waals surface area contributed by atoms with E-state index in [2.05, 4.69) is 0 Å². The first-order valence-electron chi connectivity index (χ1n) is 4.62. The molecule has 0 N–H and O–H groups in total. The zero-order valence-corrected chi connectivity index (χ0v) is 7.97. The van der Waals surface area contributed by atoms with Gasteiger partial charge >= 0.3 is 0 Å². The highest BCUT2D eigenvalue weighted by Crippen LogP contribution is 2.48. The number of hydrogen-bond acceptors (Lipinski definition) is 1. The third-order valence-electron chi connectivity index (χ3n) is 2.68. The standard InChI is InChI=1S/C11H12F2O/c1-14-10-4-2-8(3-5-10)9-6-11(12,13)7-9/h2-5,9H,6-7H2,1H3. The maximum absolute atomic E-state index is 12.6. The lowest BCUT2D eigenvalue weighted by Gasteiger charge is -2.35. The fraction of sp³-hybridized carbons (Fsp3) is 0.455. The largest absolute Gasteiger partial charge is 0.497 e. The summed E-state index contributed by atoms with van der Waals surface area (Å²) in [5.41, 5.74) is 0.983. The van der Waals surface area contributed by atoms with Gasteiger partial charge in [-0.3, -0.25) is 0 Å². The molecule has 1 aliphatic carbocycles. The molecule has 0 saturated heterocycles. The van der Waals surface area contributed by atoms with Gasteiger partial charge in [-0.15, -0.1) is 0 Å². The van der Waals surface area contributed by atoms with E-state index in [-0.39, 0.29) is 18.8 Å². The first-order valence-corrected chi connectivity index (χ1v) is 4.62. The topological polar surface area (TPSA) is 9.23 Å². The van der Waals surface area contributed by atoms with Crippen molar-refractivity contribution in [3.63, 3.8) is 0 Å². The molecule has 0 heterocycles. The monoisotopic (exact) mass is 198 g/mol. The molecule has 0 atom stereocenters. The van der Waals surface area contributed by atoms with Crippen LogP contribution in [0.3, 0.4) is 0 Å². The third kappa shape index (κ3) is 1.72. The van der Waals surface area contributed by atoms with E-state index >= 15 is 0 Å². The molecule has 1 saturated carbocycles. The van der Waals surface area contributed by atoms with Crippen molar-refractivity contribution in [3.8, 4) is 5.75 Å². The van der Waals surface area contributed by atoms with Gasteiger partial charge in [0.1, 0.15) is 5.75 Å². The van der Waals surface area contributed by atoms with Crippen LogP contribution >= 0.6 is 0 Å². The van der Waals surface area contributed by atoms with Crippen LogP contribution in [0.1, 0.15) is 24.3 Å². The van der Waals surface area contributed by atoms with Crippen LogP contribution in [0.4, 0.5) is 8.78 Å². The number of methoxy groups -OCH3 is 1. The predicted molar refractivity (Wildman–Crippen MR) is 49.9 cm³/mol. The Bertz CT molecular complexity index is 311. The summed E-state index contributed by atoms with van der Waals surface area (Å²) in [7, 11) is 1.59. The van der Waals surface area contributed by atoms with Gasteiger partial charge in [-0.05, 0) is 23.6 Å². The fourth-order valence-corrected chi connectivity index (χ4v) is 1.77. The summed E-state index contributed by atoms with van der Waals surface area (Å²) < 4.78 is 30.2. The molecular formula is C11H12F2O. The van der Waals surface area contributed by atoms with Crippen LogP contribution in [0.5, 0.6) is 5.75 Å². The molecule has 1 aliphatic rings. The number of halogens is 2. The lowest BCUT2D eigenvalue weighted by Crippen LogP contribution is -2.33. The molecule has 1 aromatic carbocycles. The van der Waals surface area contributed by atoms with Gasteiger partial charge in [0, 0.05) is 12.8 Å². The number of benzene rings is 1. The van der Waals surface area contributed by atoms with Gasteiger partial charge < -0.3 is 4.74 Å². The molecule has 0 amide bonds. The van der Waals surface area contributed by atoms with Crippen LogP contribution < -0.4 is 4.74 Å². The summed E-state index contributed by atoms with van der Waals surface area (Å²) in [6.07, 6.45) is -0.0291. The zero-order valence-electron chi connectivity index (χ0n) is 7.97. The van der Waals surface area contributed by atoms with Crippen LogP contribution in [0, 0.1) is 0 Å². The summed E-state index contributed by atoms with van der Waals surface area (Å²) >= 11 is 0. The van der Waals surface area contributed by atoms with E-state index in [1.54, 1.807) is 7.11 Å². The average molecular weight is 198 g/mol. The van der Waals surface area contributed by atoms with Crippen molar-refractivity contribution in [1.29, 1.82) is 0 Å². The second-order valence-electron chi connectivity index (χ2n) is 3.73. The summed E-state index contributed by atoms with van der Waals surface area (Å²) in [4.78, 5) is 0. The number of hydrogen-bond donors (Lipinski definition) is 0. The smallest absolute Gasteiger partial charge is 0.249 e. The van der Waals surface area contributed by atoms with Crippen LogP contribution in [0.25, 0.3) is 0 Å². The first kappa shape index (κ1) is 9.44. The number of rotatable bonds is 2. The maximum Gasteiger partial charge on any atom is 0.249 e. The highest BCUT2D eigenvalue weighted by molar-refractivity contribution is 5.31. The Kier molecular flexibility index (Phi) is 2.17. The minimum absolute atomic E-state index is 0.0146. The molecule has 1 fully saturated rings. The van der Waals surface area contributed by atoms with E-state index in [9.17, 15) is 8.78 Å². The molecule has 0 spiro atoms. The molecule has 0 aliphatic heterocycles. The van der Waals surface area contributed by atoms with E-state index in [4.69, 9.17) is 4.74 Å². The molecule has 0 unspecified atom stereocenters. The van der Waals surface area contributed by atoms with Gasteiger partial charge in [-0.25, -0.2) is 8.78 Å². The molecule has 0 bridgehead atoms. The lowest BCUT2D eigenvalue weighted by molar-refractivity contribution is -0.0867. The van der Waals surface area contributed by atoms with Gasteiger partial charge in [-0.2, -0.15) is 0 Å². The summed E-state index contributed by atoms with van der Waals surface area (Å²) in [6.45, 7) is 0. The normalized spacial score (nSPS) is 20.2. The van der Waals surface area contributed by atoms with E-state index in [1.807, 2.05) is 24.3 Å². The van der Waals surface area contributed by atoms with Gasteiger partial charge in [0.25, 0.3) is 0 Å². The van der Waals surface area contributed by atoms with Crippen molar-refractivity contribution >= 4 is 0 Å². The van der Waals surface area contributed by atoms with Gasteiger partial charge in [0.15, 0.2) is 0 Å². The Hall–Kier alpha value is -1.12. The SMILES string of the molecule is COc1ccc(C2CC(F)(F)C2)cc1. The van der Waals surface area contributed by atoms with Crippen molar-refractivity contribution < 1.29 is 13.5 Å². The van der Waals surface area contributed by atoms with E-state index in [0.29, 0.717) is 0 Å². The van der Waals surface area contributed by atoms with Crippen molar-refractivity contribution in [2.24, 2.45) is 0 Å². The molecule has 0 aromatic heterocycles. The Balaban J connectivity index is 2.05. The minimum atomic E-state index is -2.44. The Morgan fingerprint density at radius 2 is 1.79 bits per heavy atom. The highest BCUT2D eigenvalue weighted by atomic mass is 19.3. The molecule has 3 heteroatoms. The number of alkyl halides is 2. The third-order valence-corrected chi connectivity index (χ3v) is 2.68. The summed E-state index contributed by atoms with van der Waals surface area (Å²) in [5.74, 6) is -1.65. The number of ether oxygens (including phenoxy) is 1. The molecule has 14 heavy (non-hydrogen) atoms. The van der Waals surface area contributed by atoms with Crippen LogP contribution in [-0.4, -0.2) is 13.0 Å². The molecule has 76 valence electrons. The molecule has 1 aromatic rings. The molecule has 0 radical (unpaired) electrons. The van der Waals surface area contributed by atoms with Crippen molar-refractivity contribution in [2.45, 2.75) is 24.7 Å². The van der Waals surface area contributed by atoms with E-state index in [0.717, 1.165) is 11.3 Å². The van der Waals surface area contributed by atoms with Crippen molar-refractivity contribution in [1.82, 2.24) is 0 Å². The Morgan fingerprint density at radius 1 is 1.21 bits per heavy atom. The molecular weight excluding hydrogens is 186 g/mol. The Morgan fingerprint density at radius 3 is 2.21 bits per heavy atom. The van der Waals surface area contributed by atoms with Gasteiger partial charge in [0.05, 0.1) is 7.11 Å². The molecule has 1 nitrogen and oxygen atoms in total. The zero-order chi connectivity index (χ0) is 10.2. The lowest BCUT2D eigenvalue weighted by atomic mass is 9.77. The summed E-state index contributed by atoms with van der Waals surface area (Å²) in [6, 6.07) is 7.34. The van der Waals surface area contributed by atoms with Crippen molar-refractivity contribution in [3.05, 3.63) is 29.8 Å². The molecule has 2 rings (SSSR count). The maximum atomic E-state index is 12.6. The van der Waals surface area contributed by atoms with Crippen LogP contribution in [0.2, 0.25) is 0 Å². The highest BCUT2D eigenvalue weighted by Gasteiger charge is 2.45. The quantitative estimate of drug-likeness (QED) is 0.709. The van der Waals surface area contributed by atoms with Crippen LogP contribution in [-0.2, 0) is 0 Å². The Labute approximate surface area is 81.7 Å².